The van der Waals surface area contributed by atoms with Crippen molar-refractivity contribution < 1.29 is 9.47 Å². The van der Waals surface area contributed by atoms with Crippen molar-refractivity contribution in [3.8, 4) is 10.6 Å². The Hall–Kier alpha value is -1.40. The Bertz CT molecular complexity index is 880. The van der Waals surface area contributed by atoms with E-state index in [4.69, 9.17) is 26.1 Å². The first-order valence-corrected chi connectivity index (χ1v) is 9.32. The van der Waals surface area contributed by atoms with Crippen molar-refractivity contribution >= 4 is 33.8 Å². The van der Waals surface area contributed by atoms with E-state index in [9.17, 15) is 0 Å². The molecule has 126 valence electrons. The standard InChI is InChI=1S/C18H19ClN2O2S/c1-10(2)7-21-8-14(13-6-12(19)4-5-16(13)21)17-20-15(9-24-17)18-22-11(3)23-18/h4-6,8-11,18H,7H2,1-3H3. The molecule has 0 bridgehead atoms. The molecule has 0 N–H and O–H groups in total. The van der Waals surface area contributed by atoms with E-state index in [1.54, 1.807) is 11.3 Å². The molecule has 0 spiro atoms. The van der Waals surface area contributed by atoms with E-state index >= 15 is 0 Å². The molecule has 4 nitrogen and oxygen atoms in total. The van der Waals surface area contributed by atoms with Crippen molar-refractivity contribution in [1.82, 2.24) is 9.55 Å². The molecular formula is C18H19ClN2O2S. The van der Waals surface area contributed by atoms with Gasteiger partial charge in [0.2, 0.25) is 6.29 Å². The number of rotatable bonds is 4. The molecule has 4 rings (SSSR count). The van der Waals surface area contributed by atoms with Gasteiger partial charge >= 0.3 is 0 Å². The van der Waals surface area contributed by atoms with Crippen molar-refractivity contribution in [3.63, 3.8) is 0 Å². The maximum absolute atomic E-state index is 6.23. The van der Waals surface area contributed by atoms with Crippen LogP contribution >= 0.6 is 22.9 Å². The Kier molecular flexibility index (Phi) is 4.12. The quantitative estimate of drug-likeness (QED) is 0.617. The molecule has 0 aliphatic carbocycles. The summed E-state index contributed by atoms with van der Waals surface area (Å²) in [4.78, 5) is 4.72. The average molecular weight is 363 g/mol. The molecular weight excluding hydrogens is 344 g/mol. The van der Waals surface area contributed by atoms with Gasteiger partial charge in [0.25, 0.3) is 0 Å². The first kappa shape index (κ1) is 16.1. The van der Waals surface area contributed by atoms with Crippen LogP contribution in [0.25, 0.3) is 21.5 Å². The van der Waals surface area contributed by atoms with E-state index in [2.05, 4.69) is 30.7 Å². The highest BCUT2D eigenvalue weighted by molar-refractivity contribution is 7.13. The number of hydrogen-bond acceptors (Lipinski definition) is 4. The highest BCUT2D eigenvalue weighted by Crippen LogP contribution is 2.38. The number of fused-ring (bicyclic) bond motifs is 1. The Morgan fingerprint density at radius 1 is 1.33 bits per heavy atom. The maximum atomic E-state index is 6.23. The molecule has 0 saturated carbocycles. The first-order chi connectivity index (χ1) is 11.5. The van der Waals surface area contributed by atoms with Gasteiger partial charge in [0.05, 0.1) is 0 Å². The summed E-state index contributed by atoms with van der Waals surface area (Å²) < 4.78 is 13.4. The number of hydrogen-bond donors (Lipinski definition) is 0. The van der Waals surface area contributed by atoms with Crippen LogP contribution in [0.2, 0.25) is 5.02 Å². The van der Waals surface area contributed by atoms with Gasteiger partial charge in [0, 0.05) is 39.6 Å². The summed E-state index contributed by atoms with van der Waals surface area (Å²) in [7, 11) is 0. The molecule has 6 heteroatoms. The highest BCUT2D eigenvalue weighted by Gasteiger charge is 2.30. The highest BCUT2D eigenvalue weighted by atomic mass is 35.5. The zero-order chi connectivity index (χ0) is 16.8. The second-order valence-corrected chi connectivity index (χ2v) is 7.79. The molecule has 0 unspecified atom stereocenters. The fraction of sp³-hybridized carbons (Fsp3) is 0.389. The summed E-state index contributed by atoms with van der Waals surface area (Å²) in [5.41, 5.74) is 3.13. The third kappa shape index (κ3) is 2.86. The van der Waals surface area contributed by atoms with Gasteiger partial charge in [-0.05, 0) is 31.0 Å². The number of nitrogens with zero attached hydrogens (tertiary/aromatic N) is 2. The van der Waals surface area contributed by atoms with Crippen LogP contribution in [-0.2, 0) is 16.0 Å². The largest absolute Gasteiger partial charge is 0.346 e. The number of halogens is 1. The van der Waals surface area contributed by atoms with Crippen LogP contribution < -0.4 is 0 Å². The number of ether oxygens (including phenoxy) is 2. The minimum Gasteiger partial charge on any atom is -0.346 e. The number of aromatic nitrogens is 2. The summed E-state index contributed by atoms with van der Waals surface area (Å²) in [6.45, 7) is 7.28. The van der Waals surface area contributed by atoms with Gasteiger partial charge in [-0.25, -0.2) is 4.98 Å². The fourth-order valence-electron chi connectivity index (χ4n) is 3.00. The van der Waals surface area contributed by atoms with E-state index in [0.717, 1.165) is 33.2 Å². The molecule has 1 fully saturated rings. The Morgan fingerprint density at radius 3 is 2.83 bits per heavy atom. The van der Waals surface area contributed by atoms with Crippen LogP contribution in [0.1, 0.15) is 32.8 Å². The lowest BCUT2D eigenvalue weighted by molar-refractivity contribution is -0.383. The number of thiazole rings is 1. The summed E-state index contributed by atoms with van der Waals surface area (Å²) in [5.74, 6) is 0.564. The van der Waals surface area contributed by atoms with Gasteiger partial charge < -0.3 is 14.0 Å². The second-order valence-electron chi connectivity index (χ2n) is 6.50. The summed E-state index contributed by atoms with van der Waals surface area (Å²) in [6.07, 6.45) is 1.69. The lowest BCUT2D eigenvalue weighted by Crippen LogP contribution is -2.31. The van der Waals surface area contributed by atoms with Crippen molar-refractivity contribution in [2.24, 2.45) is 5.92 Å². The molecule has 0 radical (unpaired) electrons. The van der Waals surface area contributed by atoms with Crippen molar-refractivity contribution in [2.45, 2.75) is 39.9 Å². The zero-order valence-corrected chi connectivity index (χ0v) is 15.4. The predicted octanol–water partition coefficient (Wildman–Crippen LogP) is 5.47. The predicted molar refractivity (Wildman–Crippen MR) is 97.3 cm³/mol. The van der Waals surface area contributed by atoms with Gasteiger partial charge in [0.15, 0.2) is 6.29 Å². The van der Waals surface area contributed by atoms with Crippen LogP contribution in [-0.4, -0.2) is 15.8 Å². The van der Waals surface area contributed by atoms with Crippen LogP contribution in [0.4, 0.5) is 0 Å². The van der Waals surface area contributed by atoms with Crippen molar-refractivity contribution in [3.05, 3.63) is 40.5 Å². The molecule has 1 saturated heterocycles. The van der Waals surface area contributed by atoms with Crippen molar-refractivity contribution in [2.75, 3.05) is 0 Å². The van der Waals surface area contributed by atoms with Gasteiger partial charge in [-0.15, -0.1) is 11.3 Å². The molecule has 3 heterocycles. The van der Waals surface area contributed by atoms with Gasteiger partial charge in [-0.1, -0.05) is 25.4 Å². The molecule has 1 aliphatic heterocycles. The summed E-state index contributed by atoms with van der Waals surface area (Å²) in [5, 5.41) is 4.84. The zero-order valence-electron chi connectivity index (χ0n) is 13.8. The SMILES string of the molecule is CC(C)Cn1cc(-c2nc(C3OC(C)O3)cs2)c2cc(Cl)ccc21. The summed E-state index contributed by atoms with van der Waals surface area (Å²) in [6, 6.07) is 6.04. The molecule has 1 aromatic carbocycles. The van der Waals surface area contributed by atoms with Crippen LogP contribution in [0, 0.1) is 5.92 Å². The minimum absolute atomic E-state index is 0.146. The normalized spacial score (nSPS) is 20.7. The van der Waals surface area contributed by atoms with E-state index in [1.165, 1.54) is 5.52 Å². The van der Waals surface area contributed by atoms with Crippen LogP contribution in [0.3, 0.4) is 0 Å². The number of benzene rings is 1. The van der Waals surface area contributed by atoms with Crippen LogP contribution in [0.15, 0.2) is 29.8 Å². The second kappa shape index (κ2) is 6.15. The smallest absolute Gasteiger partial charge is 0.207 e. The summed E-state index contributed by atoms with van der Waals surface area (Å²) >= 11 is 7.84. The Morgan fingerprint density at radius 2 is 2.12 bits per heavy atom. The third-order valence-electron chi connectivity index (χ3n) is 4.03. The van der Waals surface area contributed by atoms with E-state index in [1.807, 2.05) is 24.4 Å². The monoisotopic (exact) mass is 362 g/mol. The minimum atomic E-state index is -0.336. The molecule has 0 amide bonds. The molecule has 1 aliphatic rings. The van der Waals surface area contributed by atoms with Gasteiger partial charge in [0.1, 0.15) is 10.7 Å². The van der Waals surface area contributed by atoms with E-state index < -0.39 is 0 Å². The maximum Gasteiger partial charge on any atom is 0.207 e. The molecule has 24 heavy (non-hydrogen) atoms. The van der Waals surface area contributed by atoms with Crippen molar-refractivity contribution in [1.29, 1.82) is 0 Å². The van der Waals surface area contributed by atoms with Gasteiger partial charge in [-0.3, -0.25) is 0 Å². The Labute approximate surface area is 150 Å². The van der Waals surface area contributed by atoms with E-state index in [-0.39, 0.29) is 12.6 Å². The molecule has 2 aromatic heterocycles. The molecule has 3 aromatic rings. The van der Waals surface area contributed by atoms with Crippen LogP contribution in [0.5, 0.6) is 0 Å². The molecule has 0 atom stereocenters. The fourth-order valence-corrected chi connectivity index (χ4v) is 4.02. The third-order valence-corrected chi connectivity index (χ3v) is 5.16. The average Bonchev–Trinajstić information content (AvgIpc) is 3.08. The van der Waals surface area contributed by atoms with E-state index in [0.29, 0.717) is 5.92 Å². The first-order valence-electron chi connectivity index (χ1n) is 8.06. The Balaban J connectivity index is 1.77. The lowest BCUT2D eigenvalue weighted by atomic mass is 10.2. The lowest BCUT2D eigenvalue weighted by Gasteiger charge is -2.32. The van der Waals surface area contributed by atoms with Gasteiger partial charge in [-0.2, -0.15) is 0 Å². The topological polar surface area (TPSA) is 36.3 Å².